The summed E-state index contributed by atoms with van der Waals surface area (Å²) in [6.07, 6.45) is 3.55. The molecule has 0 radical (unpaired) electrons. The quantitative estimate of drug-likeness (QED) is 0.834. The Morgan fingerprint density at radius 1 is 1.26 bits per heavy atom. The average molecular weight is 276 g/mol. The number of amides is 1. The van der Waals surface area contributed by atoms with Crippen LogP contribution < -0.4 is 11.1 Å². The maximum atomic E-state index is 12.6. The molecule has 0 aliphatic heterocycles. The molecule has 0 atom stereocenters. The molecule has 102 valence electrons. The molecule has 0 unspecified atom stereocenters. The van der Waals surface area contributed by atoms with Gasteiger partial charge in [0, 0.05) is 5.69 Å². The highest BCUT2D eigenvalue weighted by Crippen LogP contribution is 2.40. The lowest BCUT2D eigenvalue weighted by Crippen LogP contribution is -2.44. The van der Waals surface area contributed by atoms with E-state index in [0.717, 1.165) is 42.5 Å². The van der Waals surface area contributed by atoms with Gasteiger partial charge in [-0.25, -0.2) is 0 Å². The van der Waals surface area contributed by atoms with Gasteiger partial charge in [-0.2, -0.15) is 0 Å². The fourth-order valence-corrected chi connectivity index (χ4v) is 3.11. The van der Waals surface area contributed by atoms with Gasteiger partial charge in [0.05, 0.1) is 10.4 Å². The zero-order valence-electron chi connectivity index (χ0n) is 11.5. The van der Waals surface area contributed by atoms with Crippen molar-refractivity contribution in [3.8, 4) is 0 Å². The van der Waals surface area contributed by atoms with Gasteiger partial charge in [0.25, 0.3) is 0 Å². The number of nitrogens with one attached hydrogen (secondary N) is 1. The molecule has 0 saturated heterocycles. The van der Waals surface area contributed by atoms with E-state index in [-0.39, 0.29) is 5.91 Å². The highest BCUT2D eigenvalue weighted by atomic mass is 32.1. The Hall–Kier alpha value is -1.42. The molecular weight excluding hydrogens is 256 g/mol. The van der Waals surface area contributed by atoms with Gasteiger partial charge < -0.3 is 11.1 Å². The SMILES string of the molecule is Cc1cccc(C)c1NC(=O)C1(C(N)=S)CCCC1. The fraction of sp³-hybridized carbons (Fsp3) is 0.467. The molecule has 1 fully saturated rings. The largest absolute Gasteiger partial charge is 0.392 e. The van der Waals surface area contributed by atoms with Crippen molar-refractivity contribution < 1.29 is 4.79 Å². The molecular formula is C15H20N2OS. The molecule has 0 heterocycles. The maximum absolute atomic E-state index is 12.6. The van der Waals surface area contributed by atoms with Crippen molar-refractivity contribution in [3.05, 3.63) is 29.3 Å². The number of carbonyl (C=O) groups is 1. The average Bonchev–Trinajstić information content (AvgIpc) is 2.84. The normalized spacial score (nSPS) is 17.2. The molecule has 3 nitrogen and oxygen atoms in total. The molecule has 2 rings (SSSR count). The van der Waals surface area contributed by atoms with Crippen molar-refractivity contribution in [2.75, 3.05) is 5.32 Å². The summed E-state index contributed by atoms with van der Waals surface area (Å²) in [5, 5.41) is 3.04. The second-order valence-electron chi connectivity index (χ2n) is 5.37. The van der Waals surface area contributed by atoms with Gasteiger partial charge in [0.2, 0.25) is 5.91 Å². The molecule has 0 bridgehead atoms. The molecule has 1 aliphatic rings. The third-order valence-electron chi connectivity index (χ3n) is 4.08. The first-order valence-electron chi connectivity index (χ1n) is 6.65. The highest BCUT2D eigenvalue weighted by molar-refractivity contribution is 7.80. The van der Waals surface area contributed by atoms with E-state index in [1.54, 1.807) is 0 Å². The first kappa shape index (κ1) is 14.0. The summed E-state index contributed by atoms with van der Waals surface area (Å²) in [7, 11) is 0. The van der Waals surface area contributed by atoms with Crippen molar-refractivity contribution in [2.45, 2.75) is 39.5 Å². The second kappa shape index (κ2) is 5.29. The summed E-state index contributed by atoms with van der Waals surface area (Å²) in [6.45, 7) is 3.98. The summed E-state index contributed by atoms with van der Waals surface area (Å²) < 4.78 is 0. The van der Waals surface area contributed by atoms with Gasteiger partial charge in [-0.05, 0) is 37.8 Å². The lowest BCUT2D eigenvalue weighted by Gasteiger charge is -2.27. The van der Waals surface area contributed by atoms with Crippen LogP contribution in [0.3, 0.4) is 0 Å². The summed E-state index contributed by atoms with van der Waals surface area (Å²) in [6, 6.07) is 5.97. The molecule has 4 heteroatoms. The van der Waals surface area contributed by atoms with Crippen LogP contribution in [0.15, 0.2) is 18.2 Å². The summed E-state index contributed by atoms with van der Waals surface area (Å²) in [4.78, 5) is 12.9. The van der Waals surface area contributed by atoms with E-state index in [1.165, 1.54) is 0 Å². The summed E-state index contributed by atoms with van der Waals surface area (Å²) >= 11 is 5.14. The Labute approximate surface area is 119 Å². The van der Waals surface area contributed by atoms with Crippen molar-refractivity contribution in [1.29, 1.82) is 0 Å². The van der Waals surface area contributed by atoms with Crippen LogP contribution in [0.25, 0.3) is 0 Å². The number of nitrogens with two attached hydrogens (primary N) is 1. The Morgan fingerprint density at radius 3 is 2.26 bits per heavy atom. The van der Waals surface area contributed by atoms with Crippen LogP contribution in [-0.2, 0) is 4.79 Å². The van der Waals surface area contributed by atoms with Crippen molar-refractivity contribution in [3.63, 3.8) is 0 Å². The number of hydrogen-bond donors (Lipinski definition) is 2. The third kappa shape index (κ3) is 2.50. The molecule has 3 N–H and O–H groups in total. The molecule has 0 spiro atoms. The predicted molar refractivity (Wildman–Crippen MR) is 82.2 cm³/mol. The lowest BCUT2D eigenvalue weighted by atomic mass is 9.85. The Kier molecular flexibility index (Phi) is 3.90. The minimum absolute atomic E-state index is 0.0464. The highest BCUT2D eigenvalue weighted by Gasteiger charge is 2.44. The van der Waals surface area contributed by atoms with Crippen LogP contribution in [-0.4, -0.2) is 10.9 Å². The van der Waals surface area contributed by atoms with Crippen molar-refractivity contribution in [2.24, 2.45) is 11.1 Å². The predicted octanol–water partition coefficient (Wildman–Crippen LogP) is 3.09. The Morgan fingerprint density at radius 2 is 1.79 bits per heavy atom. The number of anilines is 1. The topological polar surface area (TPSA) is 55.1 Å². The minimum Gasteiger partial charge on any atom is -0.392 e. The number of rotatable bonds is 3. The van der Waals surface area contributed by atoms with Crippen LogP contribution in [0, 0.1) is 19.3 Å². The van der Waals surface area contributed by atoms with Gasteiger partial charge in [0.1, 0.15) is 0 Å². The first-order chi connectivity index (χ1) is 8.97. The van der Waals surface area contributed by atoms with E-state index in [9.17, 15) is 4.79 Å². The monoisotopic (exact) mass is 276 g/mol. The van der Waals surface area contributed by atoms with Crippen LogP contribution in [0.2, 0.25) is 0 Å². The number of carbonyl (C=O) groups excluding carboxylic acids is 1. The summed E-state index contributed by atoms with van der Waals surface area (Å²) in [5.41, 5.74) is 8.19. The molecule has 19 heavy (non-hydrogen) atoms. The van der Waals surface area contributed by atoms with Gasteiger partial charge in [-0.1, -0.05) is 43.3 Å². The molecule has 1 saturated carbocycles. The Balaban J connectivity index is 2.28. The van der Waals surface area contributed by atoms with Crippen LogP contribution >= 0.6 is 12.2 Å². The van der Waals surface area contributed by atoms with E-state index in [0.29, 0.717) is 4.99 Å². The van der Waals surface area contributed by atoms with Gasteiger partial charge in [-0.3, -0.25) is 4.79 Å². The van der Waals surface area contributed by atoms with Crippen LogP contribution in [0.4, 0.5) is 5.69 Å². The van der Waals surface area contributed by atoms with E-state index in [1.807, 2.05) is 32.0 Å². The van der Waals surface area contributed by atoms with Crippen molar-refractivity contribution >= 4 is 28.8 Å². The maximum Gasteiger partial charge on any atom is 0.237 e. The summed E-state index contributed by atoms with van der Waals surface area (Å²) in [5.74, 6) is -0.0464. The number of aryl methyl sites for hydroxylation is 2. The zero-order valence-corrected chi connectivity index (χ0v) is 12.3. The number of hydrogen-bond acceptors (Lipinski definition) is 2. The molecule has 1 aliphatic carbocycles. The minimum atomic E-state index is -0.649. The smallest absolute Gasteiger partial charge is 0.237 e. The third-order valence-corrected chi connectivity index (χ3v) is 4.47. The van der Waals surface area contributed by atoms with Crippen LogP contribution in [0.1, 0.15) is 36.8 Å². The molecule has 1 aromatic rings. The van der Waals surface area contributed by atoms with Gasteiger partial charge >= 0.3 is 0 Å². The standard InChI is InChI=1S/C15H20N2OS/c1-10-6-5-7-11(2)12(10)17-14(18)15(13(16)19)8-3-4-9-15/h5-7H,3-4,8-9H2,1-2H3,(H2,16,19)(H,17,18). The first-order valence-corrected chi connectivity index (χ1v) is 7.06. The number of benzene rings is 1. The molecule has 1 amide bonds. The van der Waals surface area contributed by atoms with Crippen molar-refractivity contribution in [1.82, 2.24) is 0 Å². The molecule has 0 aromatic heterocycles. The van der Waals surface area contributed by atoms with Gasteiger partial charge in [-0.15, -0.1) is 0 Å². The lowest BCUT2D eigenvalue weighted by molar-refractivity contribution is -0.122. The van der Waals surface area contributed by atoms with E-state index >= 15 is 0 Å². The number of para-hydroxylation sites is 1. The Bertz CT molecular complexity index is 499. The second-order valence-corrected chi connectivity index (χ2v) is 5.81. The van der Waals surface area contributed by atoms with E-state index in [4.69, 9.17) is 18.0 Å². The van der Waals surface area contributed by atoms with Crippen LogP contribution in [0.5, 0.6) is 0 Å². The van der Waals surface area contributed by atoms with Gasteiger partial charge in [0.15, 0.2) is 0 Å². The van der Waals surface area contributed by atoms with E-state index in [2.05, 4.69) is 5.32 Å². The zero-order chi connectivity index (χ0) is 14.0. The van der Waals surface area contributed by atoms with E-state index < -0.39 is 5.41 Å². The number of thiocarbonyl (C=S) groups is 1. The fourth-order valence-electron chi connectivity index (χ4n) is 2.81. The molecule has 1 aromatic carbocycles.